The van der Waals surface area contributed by atoms with Gasteiger partial charge in [-0.15, -0.1) is 0 Å². The molecule has 0 aromatic carbocycles. The molecule has 3 aliphatic rings. The second kappa shape index (κ2) is 4.97. The summed E-state index contributed by atoms with van der Waals surface area (Å²) in [6.45, 7) is 9.23. The van der Waals surface area contributed by atoms with Crippen LogP contribution in [-0.4, -0.2) is 18.0 Å². The van der Waals surface area contributed by atoms with Gasteiger partial charge in [-0.2, -0.15) is 0 Å². The smallest absolute Gasteiger partial charge is 0.223 e. The maximum Gasteiger partial charge on any atom is 0.223 e. The van der Waals surface area contributed by atoms with Gasteiger partial charge in [-0.05, 0) is 54.8 Å². The summed E-state index contributed by atoms with van der Waals surface area (Å²) in [5.74, 6) is 1.48. The van der Waals surface area contributed by atoms with Gasteiger partial charge in [0.2, 0.25) is 5.91 Å². The molecular formula is C18H32N2O. The fraction of sp³-hybridized carbons (Fsp3) is 0.944. The van der Waals surface area contributed by atoms with Crippen molar-refractivity contribution < 1.29 is 4.79 Å². The first-order valence-corrected chi connectivity index (χ1v) is 8.81. The monoisotopic (exact) mass is 292 g/mol. The van der Waals surface area contributed by atoms with E-state index in [1.54, 1.807) is 0 Å². The van der Waals surface area contributed by atoms with E-state index in [2.05, 4.69) is 33.0 Å². The molecule has 3 nitrogen and oxygen atoms in total. The van der Waals surface area contributed by atoms with E-state index in [0.29, 0.717) is 17.4 Å². The third-order valence-corrected chi connectivity index (χ3v) is 7.26. The van der Waals surface area contributed by atoms with E-state index in [9.17, 15) is 4.79 Å². The summed E-state index contributed by atoms with van der Waals surface area (Å²) in [6, 6.07) is 0.528. The Bertz CT molecular complexity index is 428. The molecule has 6 unspecified atom stereocenters. The molecule has 3 N–H and O–H groups in total. The van der Waals surface area contributed by atoms with Gasteiger partial charge in [0.05, 0.1) is 0 Å². The van der Waals surface area contributed by atoms with Gasteiger partial charge in [0, 0.05) is 18.0 Å². The Morgan fingerprint density at radius 3 is 2.52 bits per heavy atom. The predicted octanol–water partition coefficient (Wildman–Crippen LogP) is 3.08. The third kappa shape index (κ3) is 2.32. The Kier molecular flexibility index (Phi) is 3.63. The minimum absolute atomic E-state index is 0.118. The van der Waals surface area contributed by atoms with Crippen LogP contribution in [0.3, 0.4) is 0 Å². The molecule has 0 saturated heterocycles. The van der Waals surface area contributed by atoms with Gasteiger partial charge in [-0.3, -0.25) is 4.79 Å². The number of amides is 1. The predicted molar refractivity (Wildman–Crippen MR) is 85.6 cm³/mol. The number of fused-ring (bicyclic) bond motifs is 2. The van der Waals surface area contributed by atoms with Crippen LogP contribution in [0.4, 0.5) is 0 Å². The first-order valence-electron chi connectivity index (χ1n) is 8.81. The lowest BCUT2D eigenvalue weighted by Gasteiger charge is -2.44. The van der Waals surface area contributed by atoms with Crippen LogP contribution in [0.2, 0.25) is 0 Å². The van der Waals surface area contributed by atoms with Crippen molar-refractivity contribution in [2.75, 3.05) is 0 Å². The molecule has 0 spiro atoms. The van der Waals surface area contributed by atoms with Gasteiger partial charge >= 0.3 is 0 Å². The number of carbonyl (C=O) groups is 1. The van der Waals surface area contributed by atoms with Crippen LogP contribution in [0.1, 0.15) is 66.2 Å². The second-order valence-electron chi connectivity index (χ2n) is 8.92. The number of hydrogen-bond donors (Lipinski definition) is 2. The molecular weight excluding hydrogens is 260 g/mol. The van der Waals surface area contributed by atoms with Gasteiger partial charge in [0.15, 0.2) is 0 Å². The maximum atomic E-state index is 12.8. The van der Waals surface area contributed by atoms with Crippen molar-refractivity contribution in [2.45, 2.75) is 78.3 Å². The molecule has 0 aromatic heterocycles. The second-order valence-corrected chi connectivity index (χ2v) is 8.92. The van der Waals surface area contributed by atoms with Crippen LogP contribution < -0.4 is 11.1 Å². The van der Waals surface area contributed by atoms with Crippen LogP contribution in [-0.2, 0) is 4.79 Å². The third-order valence-electron chi connectivity index (χ3n) is 7.26. The summed E-state index contributed by atoms with van der Waals surface area (Å²) in [4.78, 5) is 12.8. The van der Waals surface area contributed by atoms with Crippen molar-refractivity contribution in [1.82, 2.24) is 5.32 Å². The van der Waals surface area contributed by atoms with E-state index in [4.69, 9.17) is 5.73 Å². The summed E-state index contributed by atoms with van der Waals surface area (Å²) in [7, 11) is 0. The fourth-order valence-electron chi connectivity index (χ4n) is 5.68. The molecule has 0 heterocycles. The molecule has 0 aliphatic heterocycles. The van der Waals surface area contributed by atoms with Crippen LogP contribution in [0, 0.1) is 28.6 Å². The van der Waals surface area contributed by atoms with Gasteiger partial charge in [0.25, 0.3) is 0 Å². The van der Waals surface area contributed by atoms with Crippen molar-refractivity contribution in [1.29, 1.82) is 0 Å². The minimum atomic E-state index is 0.118. The SMILES string of the molecule is CC1C(N)CCCC1C(=O)NC1C2(C)CCC(C2)C1(C)C. The number of carbonyl (C=O) groups excluding carboxylic acids is 1. The van der Waals surface area contributed by atoms with Gasteiger partial charge in [-0.1, -0.05) is 34.1 Å². The van der Waals surface area contributed by atoms with E-state index in [1.165, 1.54) is 19.3 Å². The Balaban J connectivity index is 1.73. The average molecular weight is 292 g/mol. The lowest BCUT2D eigenvalue weighted by molar-refractivity contribution is -0.130. The summed E-state index contributed by atoms with van der Waals surface area (Å²) in [5.41, 5.74) is 6.72. The number of hydrogen-bond acceptors (Lipinski definition) is 2. The van der Waals surface area contributed by atoms with Gasteiger partial charge in [-0.25, -0.2) is 0 Å². The van der Waals surface area contributed by atoms with E-state index < -0.39 is 0 Å². The molecule has 6 atom stereocenters. The molecule has 3 rings (SSSR count). The van der Waals surface area contributed by atoms with Crippen molar-refractivity contribution >= 4 is 5.91 Å². The number of rotatable bonds is 2. The van der Waals surface area contributed by atoms with Gasteiger partial charge < -0.3 is 11.1 Å². The zero-order valence-electron chi connectivity index (χ0n) is 14.1. The van der Waals surface area contributed by atoms with E-state index in [-0.39, 0.29) is 23.3 Å². The zero-order chi connectivity index (χ0) is 15.4. The molecule has 2 bridgehead atoms. The Morgan fingerprint density at radius 2 is 1.90 bits per heavy atom. The first kappa shape index (κ1) is 15.3. The quantitative estimate of drug-likeness (QED) is 0.822. The van der Waals surface area contributed by atoms with Crippen LogP contribution in [0.5, 0.6) is 0 Å². The zero-order valence-corrected chi connectivity index (χ0v) is 14.1. The molecule has 21 heavy (non-hydrogen) atoms. The van der Waals surface area contributed by atoms with Crippen LogP contribution in [0.15, 0.2) is 0 Å². The first-order chi connectivity index (χ1) is 9.75. The molecule has 1 amide bonds. The van der Waals surface area contributed by atoms with Crippen molar-refractivity contribution in [2.24, 2.45) is 34.3 Å². The van der Waals surface area contributed by atoms with Crippen LogP contribution in [0.25, 0.3) is 0 Å². The average Bonchev–Trinajstić information content (AvgIpc) is 2.89. The Labute approximate surface area is 129 Å². The molecule has 3 aliphatic carbocycles. The molecule has 3 fully saturated rings. The van der Waals surface area contributed by atoms with Crippen LogP contribution >= 0.6 is 0 Å². The Morgan fingerprint density at radius 1 is 1.19 bits per heavy atom. The highest BCUT2D eigenvalue weighted by atomic mass is 16.2. The number of nitrogens with two attached hydrogens (primary N) is 1. The topological polar surface area (TPSA) is 55.1 Å². The largest absolute Gasteiger partial charge is 0.352 e. The lowest BCUT2D eigenvalue weighted by atomic mass is 9.68. The summed E-state index contributed by atoms with van der Waals surface area (Å²) in [6.07, 6.45) is 7.06. The lowest BCUT2D eigenvalue weighted by Crippen LogP contribution is -2.55. The molecule has 3 saturated carbocycles. The maximum absolute atomic E-state index is 12.8. The highest BCUT2D eigenvalue weighted by Crippen LogP contribution is 2.62. The van der Waals surface area contributed by atoms with E-state index >= 15 is 0 Å². The van der Waals surface area contributed by atoms with Crippen molar-refractivity contribution in [3.63, 3.8) is 0 Å². The summed E-state index contributed by atoms with van der Waals surface area (Å²) in [5, 5.41) is 3.47. The fourth-order valence-corrected chi connectivity index (χ4v) is 5.68. The van der Waals surface area contributed by atoms with E-state index in [1.807, 2.05) is 0 Å². The standard InChI is InChI=1S/C18H32N2O/c1-11-13(6-5-7-14(11)19)15(21)20-16-17(2,3)12-8-9-18(16,4)10-12/h11-14,16H,5-10,19H2,1-4H3,(H,20,21). The van der Waals surface area contributed by atoms with Crippen molar-refractivity contribution in [3.05, 3.63) is 0 Å². The molecule has 120 valence electrons. The Hall–Kier alpha value is -0.570. The minimum Gasteiger partial charge on any atom is -0.352 e. The van der Waals surface area contributed by atoms with Gasteiger partial charge in [0.1, 0.15) is 0 Å². The molecule has 0 radical (unpaired) electrons. The molecule has 0 aromatic rings. The summed E-state index contributed by atoms with van der Waals surface area (Å²) >= 11 is 0. The van der Waals surface area contributed by atoms with Crippen molar-refractivity contribution in [3.8, 4) is 0 Å². The summed E-state index contributed by atoms with van der Waals surface area (Å²) < 4.78 is 0. The molecule has 3 heteroatoms. The normalized spacial score (nSPS) is 48.3. The highest BCUT2D eigenvalue weighted by Gasteiger charge is 2.60. The van der Waals surface area contributed by atoms with E-state index in [0.717, 1.165) is 25.2 Å². The highest BCUT2D eigenvalue weighted by molar-refractivity contribution is 5.79. The number of nitrogens with one attached hydrogen (secondary N) is 1.